The summed E-state index contributed by atoms with van der Waals surface area (Å²) >= 11 is 2.03. The molecule has 5 nitrogen and oxygen atoms in total. The van der Waals surface area contributed by atoms with Crippen LogP contribution >= 0.6 is 11.8 Å². The van der Waals surface area contributed by atoms with Crippen molar-refractivity contribution >= 4 is 11.8 Å². The number of hydrogen-bond donors (Lipinski definition) is 0. The van der Waals surface area contributed by atoms with E-state index >= 15 is 0 Å². The largest absolute Gasteiger partial charge is 0.368 e. The molecule has 25 heavy (non-hydrogen) atoms. The van der Waals surface area contributed by atoms with Crippen LogP contribution in [0.25, 0.3) is 0 Å². The van der Waals surface area contributed by atoms with Crippen LogP contribution < -0.4 is 0 Å². The van der Waals surface area contributed by atoms with Gasteiger partial charge in [-0.05, 0) is 57.3 Å². The highest BCUT2D eigenvalue weighted by molar-refractivity contribution is 8.00. The predicted octanol–water partition coefficient (Wildman–Crippen LogP) is 3.99. The van der Waals surface area contributed by atoms with Crippen molar-refractivity contribution in [2.45, 2.75) is 55.4 Å². The Balaban J connectivity index is 1.27. The number of hydrogen-bond acceptors (Lipinski definition) is 6. The van der Waals surface area contributed by atoms with Crippen molar-refractivity contribution in [1.29, 1.82) is 0 Å². The quantitative estimate of drug-likeness (QED) is 0.805. The van der Waals surface area contributed by atoms with E-state index in [9.17, 15) is 0 Å². The Morgan fingerprint density at radius 1 is 1.20 bits per heavy atom. The maximum Gasteiger partial charge on any atom is 0.255 e. The molecule has 0 radical (unpaired) electrons. The molecule has 1 atom stereocenters. The first-order chi connectivity index (χ1) is 12.3. The molecular formula is C19H25N3O2S. The lowest BCUT2D eigenvalue weighted by Crippen LogP contribution is -2.34. The average Bonchev–Trinajstić information content (AvgIpc) is 3.30. The first-order valence-electron chi connectivity index (χ1n) is 9.16. The van der Waals surface area contributed by atoms with Gasteiger partial charge in [0.1, 0.15) is 6.10 Å². The normalized spacial score (nSPS) is 22.5. The van der Waals surface area contributed by atoms with E-state index in [0.29, 0.717) is 11.1 Å². The van der Waals surface area contributed by atoms with Crippen LogP contribution in [0.1, 0.15) is 49.1 Å². The van der Waals surface area contributed by atoms with Gasteiger partial charge in [-0.1, -0.05) is 23.4 Å². The SMILES string of the molecule is Cc1ccccc1SC1CCN(Cc2noc(C3CCCO3)n2)CC1. The van der Waals surface area contributed by atoms with Gasteiger partial charge in [0.2, 0.25) is 0 Å². The molecule has 134 valence electrons. The number of thioether (sulfide) groups is 1. The van der Waals surface area contributed by atoms with Gasteiger partial charge in [-0.25, -0.2) is 0 Å². The highest BCUT2D eigenvalue weighted by Gasteiger charge is 2.25. The maximum atomic E-state index is 5.61. The summed E-state index contributed by atoms with van der Waals surface area (Å²) < 4.78 is 11.0. The van der Waals surface area contributed by atoms with E-state index in [1.807, 2.05) is 11.8 Å². The minimum atomic E-state index is 0.0116. The maximum absolute atomic E-state index is 5.61. The second-order valence-electron chi connectivity index (χ2n) is 6.91. The van der Waals surface area contributed by atoms with Crippen LogP contribution in [0.4, 0.5) is 0 Å². The van der Waals surface area contributed by atoms with E-state index in [4.69, 9.17) is 9.26 Å². The topological polar surface area (TPSA) is 51.4 Å². The molecule has 2 aromatic rings. The molecule has 0 saturated carbocycles. The zero-order valence-electron chi connectivity index (χ0n) is 14.7. The summed E-state index contributed by atoms with van der Waals surface area (Å²) in [6, 6.07) is 8.67. The average molecular weight is 359 g/mol. The fraction of sp³-hybridized carbons (Fsp3) is 0.579. The Hall–Kier alpha value is -1.37. The number of benzene rings is 1. The summed E-state index contributed by atoms with van der Waals surface area (Å²) in [6.45, 7) is 5.95. The zero-order chi connectivity index (χ0) is 17.1. The van der Waals surface area contributed by atoms with Crippen LogP contribution in [0.5, 0.6) is 0 Å². The summed E-state index contributed by atoms with van der Waals surface area (Å²) in [5.41, 5.74) is 1.38. The first kappa shape index (κ1) is 17.1. The van der Waals surface area contributed by atoms with Crippen molar-refractivity contribution in [3.05, 3.63) is 41.5 Å². The molecule has 2 aliphatic heterocycles. The van der Waals surface area contributed by atoms with Crippen molar-refractivity contribution in [2.24, 2.45) is 0 Å². The minimum Gasteiger partial charge on any atom is -0.368 e. The molecule has 1 aromatic carbocycles. The molecule has 4 rings (SSSR count). The lowest BCUT2D eigenvalue weighted by Gasteiger charge is -2.30. The third-order valence-corrected chi connectivity index (χ3v) is 6.49. The Morgan fingerprint density at radius 2 is 2.04 bits per heavy atom. The van der Waals surface area contributed by atoms with Gasteiger partial charge in [0.15, 0.2) is 5.82 Å². The molecule has 2 fully saturated rings. The van der Waals surface area contributed by atoms with E-state index in [2.05, 4.69) is 46.2 Å². The van der Waals surface area contributed by atoms with Crippen LogP contribution in [0.15, 0.2) is 33.7 Å². The van der Waals surface area contributed by atoms with Gasteiger partial charge in [0.05, 0.1) is 6.54 Å². The monoisotopic (exact) mass is 359 g/mol. The Morgan fingerprint density at radius 3 is 2.80 bits per heavy atom. The smallest absolute Gasteiger partial charge is 0.255 e. The van der Waals surface area contributed by atoms with Gasteiger partial charge >= 0.3 is 0 Å². The van der Waals surface area contributed by atoms with Crippen LogP contribution in [-0.2, 0) is 11.3 Å². The standard InChI is InChI=1S/C19H25N3O2S/c1-14-5-2-3-7-17(14)25-15-8-10-22(11-9-15)13-18-20-19(24-21-18)16-6-4-12-23-16/h2-3,5,7,15-16H,4,6,8-13H2,1H3. The number of piperidine rings is 1. The van der Waals surface area contributed by atoms with Gasteiger partial charge in [0, 0.05) is 16.8 Å². The van der Waals surface area contributed by atoms with Crippen molar-refractivity contribution in [2.75, 3.05) is 19.7 Å². The third-order valence-electron chi connectivity index (χ3n) is 4.98. The van der Waals surface area contributed by atoms with Crippen LogP contribution in [0.3, 0.4) is 0 Å². The molecule has 2 aliphatic rings. The summed E-state index contributed by atoms with van der Waals surface area (Å²) in [4.78, 5) is 8.38. The summed E-state index contributed by atoms with van der Waals surface area (Å²) in [7, 11) is 0. The van der Waals surface area contributed by atoms with Gasteiger partial charge < -0.3 is 9.26 Å². The lowest BCUT2D eigenvalue weighted by molar-refractivity contribution is 0.0835. The number of likely N-dealkylation sites (tertiary alicyclic amines) is 1. The number of aryl methyl sites for hydroxylation is 1. The molecule has 6 heteroatoms. The van der Waals surface area contributed by atoms with Crippen LogP contribution in [-0.4, -0.2) is 40.0 Å². The van der Waals surface area contributed by atoms with Crippen molar-refractivity contribution < 1.29 is 9.26 Å². The summed E-state index contributed by atoms with van der Waals surface area (Å²) in [5.74, 6) is 1.44. The molecule has 1 aromatic heterocycles. The van der Waals surface area contributed by atoms with E-state index in [1.165, 1.54) is 23.3 Å². The van der Waals surface area contributed by atoms with Gasteiger partial charge in [0.25, 0.3) is 5.89 Å². The van der Waals surface area contributed by atoms with Gasteiger partial charge in [-0.2, -0.15) is 4.98 Å². The van der Waals surface area contributed by atoms with E-state index in [0.717, 1.165) is 44.9 Å². The van der Waals surface area contributed by atoms with Crippen LogP contribution in [0.2, 0.25) is 0 Å². The van der Waals surface area contributed by atoms with Gasteiger partial charge in [-0.15, -0.1) is 11.8 Å². The van der Waals surface area contributed by atoms with Crippen molar-refractivity contribution in [1.82, 2.24) is 15.0 Å². The highest BCUT2D eigenvalue weighted by Crippen LogP contribution is 2.32. The van der Waals surface area contributed by atoms with E-state index in [1.54, 1.807) is 0 Å². The first-order valence-corrected chi connectivity index (χ1v) is 10.0. The molecule has 0 amide bonds. The lowest BCUT2D eigenvalue weighted by atomic mass is 10.1. The molecule has 0 spiro atoms. The van der Waals surface area contributed by atoms with Crippen molar-refractivity contribution in [3.63, 3.8) is 0 Å². The highest BCUT2D eigenvalue weighted by atomic mass is 32.2. The van der Waals surface area contributed by atoms with Crippen molar-refractivity contribution in [3.8, 4) is 0 Å². The molecule has 0 bridgehead atoms. The fourth-order valence-electron chi connectivity index (χ4n) is 3.49. The number of aromatic nitrogens is 2. The van der Waals surface area contributed by atoms with E-state index in [-0.39, 0.29) is 6.10 Å². The van der Waals surface area contributed by atoms with Gasteiger partial charge in [-0.3, -0.25) is 4.90 Å². The molecule has 3 heterocycles. The molecule has 1 unspecified atom stereocenters. The number of ether oxygens (including phenoxy) is 1. The summed E-state index contributed by atoms with van der Waals surface area (Å²) in [6.07, 6.45) is 4.49. The Labute approximate surface area is 153 Å². The number of nitrogens with zero attached hydrogens (tertiary/aromatic N) is 3. The molecular weight excluding hydrogens is 334 g/mol. The van der Waals surface area contributed by atoms with Crippen LogP contribution in [0, 0.1) is 6.92 Å². The Kier molecular flexibility index (Phi) is 5.39. The predicted molar refractivity (Wildman–Crippen MR) is 97.6 cm³/mol. The zero-order valence-corrected chi connectivity index (χ0v) is 15.5. The third kappa shape index (κ3) is 4.25. The molecule has 0 N–H and O–H groups in total. The molecule has 2 saturated heterocycles. The fourth-order valence-corrected chi connectivity index (χ4v) is 4.71. The minimum absolute atomic E-state index is 0.0116. The second kappa shape index (κ2) is 7.89. The second-order valence-corrected chi connectivity index (χ2v) is 8.25. The van der Waals surface area contributed by atoms with E-state index < -0.39 is 0 Å². The molecule has 0 aliphatic carbocycles. The number of rotatable bonds is 5. The summed E-state index contributed by atoms with van der Waals surface area (Å²) in [5, 5.41) is 4.84. The Bertz CT molecular complexity index is 691.